The quantitative estimate of drug-likeness (QED) is 0.702. The van der Waals surface area contributed by atoms with Gasteiger partial charge in [-0.25, -0.2) is 24.7 Å². The lowest BCUT2D eigenvalue weighted by Crippen LogP contribution is -2.13. The van der Waals surface area contributed by atoms with Gasteiger partial charge in [0, 0.05) is 5.39 Å². The molecule has 1 aromatic carbocycles. The number of nitrogens with one attached hydrogen (secondary N) is 1. The maximum Gasteiger partial charge on any atom is 0.341 e. The first-order valence-electron chi connectivity index (χ1n) is 8.85. The normalized spacial score (nSPS) is 10.9. The van der Waals surface area contributed by atoms with Gasteiger partial charge in [0.25, 0.3) is 0 Å². The van der Waals surface area contributed by atoms with E-state index in [4.69, 9.17) is 4.74 Å². The first kappa shape index (κ1) is 18.7. The summed E-state index contributed by atoms with van der Waals surface area (Å²) in [4.78, 5) is 29.9. The average Bonchev–Trinajstić information content (AvgIpc) is 2.56. The molecule has 0 unspecified atom stereocenters. The van der Waals surface area contributed by atoms with E-state index in [0.717, 1.165) is 16.6 Å². The number of esters is 1. The fraction of sp³-hybridized carbons (Fsp3) is 0.350. The van der Waals surface area contributed by atoms with Crippen molar-refractivity contribution >= 4 is 28.8 Å². The van der Waals surface area contributed by atoms with E-state index in [2.05, 4.69) is 45.2 Å². The van der Waals surface area contributed by atoms with Gasteiger partial charge in [-0.1, -0.05) is 0 Å². The monoisotopic (exact) mass is 365 g/mol. The van der Waals surface area contributed by atoms with Crippen molar-refractivity contribution in [2.75, 3.05) is 11.9 Å². The van der Waals surface area contributed by atoms with Crippen LogP contribution in [-0.4, -0.2) is 32.5 Å². The largest absolute Gasteiger partial charge is 0.462 e. The van der Waals surface area contributed by atoms with Gasteiger partial charge in [-0.3, -0.25) is 5.32 Å². The third kappa shape index (κ3) is 3.72. The Morgan fingerprint density at radius 2 is 1.44 bits per heavy atom. The highest BCUT2D eigenvalue weighted by molar-refractivity contribution is 5.92. The van der Waals surface area contributed by atoms with Crippen LogP contribution in [-0.2, 0) is 4.74 Å². The van der Waals surface area contributed by atoms with Gasteiger partial charge in [0.15, 0.2) is 0 Å². The minimum Gasteiger partial charge on any atom is -0.462 e. The van der Waals surface area contributed by atoms with Crippen LogP contribution < -0.4 is 5.32 Å². The molecule has 0 saturated carbocycles. The van der Waals surface area contributed by atoms with Crippen molar-refractivity contribution in [3.63, 3.8) is 0 Å². The minimum atomic E-state index is -0.414. The number of carbonyl (C=O) groups excluding carboxylic acids is 1. The van der Waals surface area contributed by atoms with E-state index >= 15 is 0 Å². The maximum absolute atomic E-state index is 12.1. The number of aromatic nitrogens is 4. The summed E-state index contributed by atoms with van der Waals surface area (Å²) in [5.74, 6) is 0.356. The summed E-state index contributed by atoms with van der Waals surface area (Å²) in [5, 5.41) is 4.08. The lowest BCUT2D eigenvalue weighted by Gasteiger charge is -2.12. The summed E-state index contributed by atoms with van der Waals surface area (Å²) in [5.41, 5.74) is 5.61. The molecule has 0 aliphatic carbocycles. The third-order valence-electron chi connectivity index (χ3n) is 4.48. The molecule has 0 aliphatic rings. The molecule has 0 aliphatic heterocycles. The van der Waals surface area contributed by atoms with Gasteiger partial charge in [-0.2, -0.15) is 0 Å². The van der Waals surface area contributed by atoms with E-state index in [-0.39, 0.29) is 0 Å². The highest BCUT2D eigenvalue weighted by Crippen LogP contribution is 2.23. The van der Waals surface area contributed by atoms with Crippen LogP contribution in [0, 0.1) is 34.6 Å². The number of fused-ring (bicyclic) bond motifs is 1. The van der Waals surface area contributed by atoms with Crippen LogP contribution in [0.1, 0.15) is 45.5 Å². The zero-order chi connectivity index (χ0) is 19.7. The molecule has 0 bridgehead atoms. The van der Waals surface area contributed by atoms with Crippen molar-refractivity contribution in [2.24, 2.45) is 0 Å². The van der Waals surface area contributed by atoms with E-state index in [1.807, 2.05) is 13.0 Å². The van der Waals surface area contributed by atoms with Gasteiger partial charge >= 0.3 is 5.97 Å². The zero-order valence-electron chi connectivity index (χ0n) is 16.5. The van der Waals surface area contributed by atoms with Crippen LogP contribution in [0.3, 0.4) is 0 Å². The molecule has 0 radical (unpaired) electrons. The number of carbonyl (C=O) groups is 1. The number of aryl methyl sites for hydroxylation is 5. The fourth-order valence-corrected chi connectivity index (χ4v) is 2.97. The first-order chi connectivity index (χ1) is 12.8. The van der Waals surface area contributed by atoms with Crippen LogP contribution >= 0.6 is 0 Å². The van der Waals surface area contributed by atoms with Gasteiger partial charge in [0.2, 0.25) is 11.9 Å². The third-order valence-corrected chi connectivity index (χ3v) is 4.48. The Morgan fingerprint density at radius 3 is 2.07 bits per heavy atom. The van der Waals surface area contributed by atoms with E-state index < -0.39 is 5.97 Å². The molecule has 7 heteroatoms. The van der Waals surface area contributed by atoms with Gasteiger partial charge in [-0.05, 0) is 64.8 Å². The van der Waals surface area contributed by atoms with Crippen LogP contribution in [0.25, 0.3) is 10.9 Å². The number of nitrogens with zero attached hydrogens (tertiary/aromatic N) is 4. The number of ether oxygens (including phenoxy) is 1. The average molecular weight is 365 g/mol. The summed E-state index contributed by atoms with van der Waals surface area (Å²) in [6.07, 6.45) is 0. The van der Waals surface area contributed by atoms with E-state index in [9.17, 15) is 4.79 Å². The van der Waals surface area contributed by atoms with Crippen LogP contribution in [0.15, 0.2) is 12.1 Å². The molecular formula is C20H23N5O2. The van der Waals surface area contributed by atoms with Crippen molar-refractivity contribution in [3.8, 4) is 0 Å². The van der Waals surface area contributed by atoms with Crippen molar-refractivity contribution < 1.29 is 9.53 Å². The summed E-state index contributed by atoms with van der Waals surface area (Å²) >= 11 is 0. The topological polar surface area (TPSA) is 89.9 Å². The Morgan fingerprint density at radius 1 is 0.889 bits per heavy atom. The zero-order valence-corrected chi connectivity index (χ0v) is 16.5. The van der Waals surface area contributed by atoms with E-state index in [0.29, 0.717) is 35.5 Å². The predicted octanol–water partition coefficient (Wildman–Crippen LogP) is 3.88. The van der Waals surface area contributed by atoms with Crippen LogP contribution in [0.5, 0.6) is 0 Å². The van der Waals surface area contributed by atoms with Crippen molar-refractivity contribution in [3.05, 3.63) is 45.9 Å². The molecule has 3 rings (SSSR count). The van der Waals surface area contributed by atoms with Gasteiger partial charge in [0.1, 0.15) is 5.56 Å². The smallest absolute Gasteiger partial charge is 0.341 e. The molecule has 0 saturated heterocycles. The second-order valence-corrected chi connectivity index (χ2v) is 6.52. The minimum absolute atomic E-state index is 0.306. The van der Waals surface area contributed by atoms with E-state index in [1.54, 1.807) is 20.8 Å². The van der Waals surface area contributed by atoms with E-state index in [1.165, 1.54) is 11.1 Å². The molecule has 7 nitrogen and oxygen atoms in total. The number of benzene rings is 1. The Kier molecular flexibility index (Phi) is 5.03. The van der Waals surface area contributed by atoms with Gasteiger partial charge < -0.3 is 4.74 Å². The Bertz CT molecular complexity index is 1020. The summed E-state index contributed by atoms with van der Waals surface area (Å²) in [7, 11) is 0. The van der Waals surface area contributed by atoms with Crippen molar-refractivity contribution in [1.29, 1.82) is 0 Å². The second kappa shape index (κ2) is 7.26. The Labute approximate surface area is 158 Å². The molecule has 27 heavy (non-hydrogen) atoms. The molecule has 0 amide bonds. The number of hydrogen-bond acceptors (Lipinski definition) is 7. The van der Waals surface area contributed by atoms with Gasteiger partial charge in [0.05, 0.1) is 29.2 Å². The number of anilines is 2. The van der Waals surface area contributed by atoms with Gasteiger partial charge in [-0.15, -0.1) is 0 Å². The molecule has 2 aromatic heterocycles. The Balaban J connectivity index is 1.98. The summed E-state index contributed by atoms with van der Waals surface area (Å²) in [6.45, 7) is 11.7. The molecular weight excluding hydrogens is 342 g/mol. The first-order valence-corrected chi connectivity index (χ1v) is 8.85. The predicted molar refractivity (Wildman–Crippen MR) is 104 cm³/mol. The fourth-order valence-electron chi connectivity index (χ4n) is 2.97. The number of rotatable bonds is 4. The highest BCUT2D eigenvalue weighted by atomic mass is 16.5. The lowest BCUT2D eigenvalue weighted by atomic mass is 10.1. The highest BCUT2D eigenvalue weighted by Gasteiger charge is 2.17. The summed E-state index contributed by atoms with van der Waals surface area (Å²) < 4.78 is 5.07. The Hall–Kier alpha value is -3.09. The summed E-state index contributed by atoms with van der Waals surface area (Å²) in [6, 6.07) is 4.15. The molecule has 2 heterocycles. The molecule has 1 N–H and O–H groups in total. The lowest BCUT2D eigenvalue weighted by molar-refractivity contribution is 0.0523. The molecule has 0 atom stereocenters. The van der Waals surface area contributed by atoms with Crippen molar-refractivity contribution in [1.82, 2.24) is 19.9 Å². The van der Waals surface area contributed by atoms with Crippen LogP contribution in [0.2, 0.25) is 0 Å². The molecule has 3 aromatic rings. The molecule has 140 valence electrons. The molecule has 0 spiro atoms. The SMILES string of the molecule is CCOC(=O)c1c(C)nc(Nc2nc(C)c3cc(C)c(C)cc3n2)nc1C. The molecule has 0 fully saturated rings. The maximum atomic E-state index is 12.1. The number of hydrogen-bond donors (Lipinski definition) is 1. The van der Waals surface area contributed by atoms with Crippen molar-refractivity contribution in [2.45, 2.75) is 41.5 Å². The standard InChI is InChI=1S/C20H23N5O2/c1-7-27-18(26)17-13(5)22-19(23-14(17)6)25-20-21-12(4)15-8-10(2)11(3)9-16(15)24-20/h8-9H,7H2,1-6H3,(H,21,22,23,24,25). The second-order valence-electron chi connectivity index (χ2n) is 6.52. The van der Waals surface area contributed by atoms with Crippen LogP contribution in [0.4, 0.5) is 11.9 Å².